The second-order valence-electron chi connectivity index (χ2n) is 7.88. The molecule has 0 unspecified atom stereocenters. The Hall–Kier alpha value is -3.00. The largest absolute Gasteiger partial charge is 0.324 e. The number of carbonyl (C=O) groups excluding carboxylic acids is 1. The van der Waals surface area contributed by atoms with Crippen LogP contribution < -0.4 is 5.32 Å². The number of amides is 1. The normalized spacial score (nSPS) is 15.4. The Morgan fingerprint density at radius 2 is 1.38 bits per heavy atom. The van der Waals surface area contributed by atoms with Crippen molar-refractivity contribution in [2.45, 2.75) is 5.75 Å². The van der Waals surface area contributed by atoms with Crippen LogP contribution in [0.15, 0.2) is 84.9 Å². The van der Waals surface area contributed by atoms with Gasteiger partial charge in [0.15, 0.2) is 0 Å². The molecule has 166 valence electrons. The van der Waals surface area contributed by atoms with Crippen LogP contribution in [-0.2, 0) is 20.6 Å². The van der Waals surface area contributed by atoms with Crippen molar-refractivity contribution in [3.8, 4) is 11.1 Å². The van der Waals surface area contributed by atoms with Crippen molar-refractivity contribution in [1.82, 2.24) is 9.21 Å². The maximum Gasteiger partial charge on any atom is 0.238 e. The molecule has 7 heteroatoms. The van der Waals surface area contributed by atoms with Crippen LogP contribution in [0.1, 0.15) is 5.56 Å². The summed E-state index contributed by atoms with van der Waals surface area (Å²) in [6.07, 6.45) is 0. The van der Waals surface area contributed by atoms with Gasteiger partial charge in [0.1, 0.15) is 0 Å². The summed E-state index contributed by atoms with van der Waals surface area (Å²) in [6.45, 7) is 2.07. The standard InChI is InChI=1S/C25H27N3O3S/c29-25(26-24-14-8-7-13-23(24)22-11-5-2-6-12-22)19-27-15-17-28(18-16-27)32(30,31)20-21-9-3-1-4-10-21/h1-14H,15-20H2,(H,26,29). The van der Waals surface area contributed by atoms with Crippen molar-refractivity contribution in [1.29, 1.82) is 0 Å². The van der Waals surface area contributed by atoms with E-state index in [1.165, 1.54) is 4.31 Å². The van der Waals surface area contributed by atoms with Crippen molar-refractivity contribution in [2.24, 2.45) is 0 Å². The Morgan fingerprint density at radius 3 is 2.06 bits per heavy atom. The Kier molecular flexibility index (Phi) is 6.99. The number of benzene rings is 3. The lowest BCUT2D eigenvalue weighted by molar-refractivity contribution is -0.117. The highest BCUT2D eigenvalue weighted by Crippen LogP contribution is 2.27. The molecular formula is C25H27N3O3S. The molecule has 3 aromatic carbocycles. The van der Waals surface area contributed by atoms with E-state index in [9.17, 15) is 13.2 Å². The summed E-state index contributed by atoms with van der Waals surface area (Å²) >= 11 is 0. The third-order valence-electron chi connectivity index (χ3n) is 5.57. The van der Waals surface area contributed by atoms with E-state index >= 15 is 0 Å². The number of hydrogen-bond donors (Lipinski definition) is 1. The van der Waals surface area contributed by atoms with Crippen LogP contribution in [0.3, 0.4) is 0 Å². The van der Waals surface area contributed by atoms with Crippen molar-refractivity contribution < 1.29 is 13.2 Å². The highest BCUT2D eigenvalue weighted by atomic mass is 32.2. The van der Waals surface area contributed by atoms with Crippen molar-refractivity contribution in [3.63, 3.8) is 0 Å². The minimum Gasteiger partial charge on any atom is -0.324 e. The first-order valence-electron chi connectivity index (χ1n) is 10.7. The number of rotatable bonds is 7. The minimum absolute atomic E-state index is 0.00456. The lowest BCUT2D eigenvalue weighted by Crippen LogP contribution is -2.50. The molecule has 0 aromatic heterocycles. The monoisotopic (exact) mass is 449 g/mol. The highest BCUT2D eigenvalue weighted by molar-refractivity contribution is 7.88. The van der Waals surface area contributed by atoms with Crippen LogP contribution >= 0.6 is 0 Å². The summed E-state index contributed by atoms with van der Waals surface area (Å²) in [5.41, 5.74) is 3.57. The minimum atomic E-state index is -3.37. The molecule has 0 spiro atoms. The van der Waals surface area contributed by atoms with Crippen LogP contribution in [0.2, 0.25) is 0 Å². The number of piperazine rings is 1. The smallest absolute Gasteiger partial charge is 0.238 e. The van der Waals surface area contributed by atoms with Gasteiger partial charge in [-0.1, -0.05) is 78.9 Å². The number of hydrogen-bond acceptors (Lipinski definition) is 4. The van der Waals surface area contributed by atoms with Gasteiger partial charge >= 0.3 is 0 Å². The lowest BCUT2D eigenvalue weighted by atomic mass is 10.0. The second-order valence-corrected chi connectivity index (χ2v) is 9.85. The lowest BCUT2D eigenvalue weighted by Gasteiger charge is -2.33. The van der Waals surface area contributed by atoms with Crippen molar-refractivity contribution in [3.05, 3.63) is 90.5 Å². The first-order chi connectivity index (χ1) is 15.5. The van der Waals surface area contributed by atoms with E-state index in [1.54, 1.807) is 0 Å². The molecule has 0 saturated carbocycles. The average molecular weight is 450 g/mol. The Morgan fingerprint density at radius 1 is 0.781 bits per heavy atom. The van der Waals surface area contributed by atoms with Gasteiger partial charge in [-0.25, -0.2) is 8.42 Å². The SMILES string of the molecule is O=C(CN1CCN(S(=O)(=O)Cc2ccccc2)CC1)Nc1ccccc1-c1ccccc1. The second kappa shape index (κ2) is 10.1. The zero-order chi connectivity index (χ0) is 22.4. The van der Waals surface area contributed by atoms with E-state index in [1.807, 2.05) is 89.8 Å². The molecule has 1 N–H and O–H groups in total. The van der Waals surface area contributed by atoms with Gasteiger partial charge in [-0.05, 0) is 17.2 Å². The third-order valence-corrected chi connectivity index (χ3v) is 7.42. The number of nitrogens with one attached hydrogen (secondary N) is 1. The summed E-state index contributed by atoms with van der Waals surface area (Å²) in [5, 5.41) is 3.02. The van der Waals surface area contributed by atoms with Gasteiger partial charge in [0.25, 0.3) is 0 Å². The average Bonchev–Trinajstić information content (AvgIpc) is 2.81. The molecule has 3 aromatic rings. The molecule has 1 heterocycles. The summed E-state index contributed by atoms with van der Waals surface area (Å²) in [7, 11) is -3.37. The van der Waals surface area contributed by atoms with Crippen LogP contribution in [-0.4, -0.2) is 56.3 Å². The van der Waals surface area contributed by atoms with Gasteiger partial charge < -0.3 is 5.32 Å². The number of anilines is 1. The maximum absolute atomic E-state index is 12.7. The molecular weight excluding hydrogens is 422 g/mol. The zero-order valence-corrected chi connectivity index (χ0v) is 18.7. The fourth-order valence-corrected chi connectivity index (χ4v) is 5.41. The van der Waals surface area contributed by atoms with Crippen LogP contribution in [0.4, 0.5) is 5.69 Å². The molecule has 6 nitrogen and oxygen atoms in total. The molecule has 4 rings (SSSR count). The van der Waals surface area contributed by atoms with Crippen molar-refractivity contribution >= 4 is 21.6 Å². The predicted molar refractivity (Wildman–Crippen MR) is 128 cm³/mol. The predicted octanol–water partition coefficient (Wildman–Crippen LogP) is 3.44. The van der Waals surface area contributed by atoms with Gasteiger partial charge in [-0.15, -0.1) is 0 Å². The Labute approximate surface area is 189 Å². The molecule has 1 aliphatic rings. The Balaban J connectivity index is 1.32. The van der Waals surface area contributed by atoms with Gasteiger partial charge in [0.2, 0.25) is 15.9 Å². The fraction of sp³-hybridized carbons (Fsp3) is 0.240. The van der Waals surface area contributed by atoms with Crippen LogP contribution in [0, 0.1) is 0 Å². The quantitative estimate of drug-likeness (QED) is 0.600. The van der Waals surface area contributed by atoms with E-state index < -0.39 is 10.0 Å². The molecule has 1 fully saturated rings. The van der Waals surface area contributed by atoms with E-state index in [4.69, 9.17) is 0 Å². The number of sulfonamides is 1. The van der Waals surface area contributed by atoms with Gasteiger partial charge in [0, 0.05) is 37.4 Å². The molecule has 0 bridgehead atoms. The third kappa shape index (κ3) is 5.62. The topological polar surface area (TPSA) is 69.7 Å². The Bertz CT molecular complexity index is 1140. The van der Waals surface area contributed by atoms with E-state index in [0.717, 1.165) is 22.4 Å². The molecule has 32 heavy (non-hydrogen) atoms. The molecule has 1 amide bonds. The van der Waals surface area contributed by atoms with Crippen molar-refractivity contribution in [2.75, 3.05) is 38.0 Å². The van der Waals surface area contributed by atoms with E-state index in [0.29, 0.717) is 26.2 Å². The maximum atomic E-state index is 12.7. The van der Waals surface area contributed by atoms with Crippen LogP contribution in [0.5, 0.6) is 0 Å². The molecule has 0 atom stereocenters. The first-order valence-corrected chi connectivity index (χ1v) is 12.3. The summed E-state index contributed by atoms with van der Waals surface area (Å²) in [6, 6.07) is 26.9. The van der Waals surface area contributed by atoms with E-state index in [-0.39, 0.29) is 18.2 Å². The summed E-state index contributed by atoms with van der Waals surface area (Å²) < 4.78 is 27.0. The molecule has 0 radical (unpaired) electrons. The van der Waals surface area contributed by atoms with E-state index in [2.05, 4.69) is 5.32 Å². The number of carbonyl (C=O) groups is 1. The van der Waals surface area contributed by atoms with Gasteiger partial charge in [-0.2, -0.15) is 4.31 Å². The molecule has 0 aliphatic carbocycles. The zero-order valence-electron chi connectivity index (χ0n) is 17.9. The molecule has 1 saturated heterocycles. The highest BCUT2D eigenvalue weighted by Gasteiger charge is 2.27. The van der Waals surface area contributed by atoms with Gasteiger partial charge in [0.05, 0.1) is 12.3 Å². The number of nitrogens with zero attached hydrogens (tertiary/aromatic N) is 2. The summed E-state index contributed by atoms with van der Waals surface area (Å²) in [4.78, 5) is 14.7. The van der Waals surface area contributed by atoms with Gasteiger partial charge in [-0.3, -0.25) is 9.69 Å². The first kappa shape index (κ1) is 22.2. The fourth-order valence-electron chi connectivity index (χ4n) is 3.90. The molecule has 1 aliphatic heterocycles. The number of para-hydroxylation sites is 1. The summed E-state index contributed by atoms with van der Waals surface area (Å²) in [5.74, 6) is -0.0982. The van der Waals surface area contributed by atoms with Crippen LogP contribution in [0.25, 0.3) is 11.1 Å².